The zero-order valence-electron chi connectivity index (χ0n) is 15.5. The number of hydrogen-bond acceptors (Lipinski definition) is 5. The van der Waals surface area contributed by atoms with E-state index in [0.29, 0.717) is 0 Å². The first-order valence-electron chi connectivity index (χ1n) is 9.37. The molecule has 0 radical (unpaired) electrons. The fourth-order valence-corrected chi connectivity index (χ4v) is 3.53. The maximum atomic E-state index is 13.1. The third-order valence-electron chi connectivity index (χ3n) is 5.08. The van der Waals surface area contributed by atoms with E-state index in [9.17, 15) is 4.39 Å². The van der Waals surface area contributed by atoms with E-state index in [4.69, 9.17) is 0 Å². The molecule has 6 heteroatoms. The maximum Gasteiger partial charge on any atom is 0.137 e. The van der Waals surface area contributed by atoms with E-state index in [2.05, 4.69) is 44.1 Å². The van der Waals surface area contributed by atoms with Crippen LogP contribution in [0.2, 0.25) is 0 Å². The highest BCUT2D eigenvalue weighted by atomic mass is 19.1. The lowest BCUT2D eigenvalue weighted by atomic mass is 10.1. The monoisotopic (exact) mass is 365 g/mol. The van der Waals surface area contributed by atoms with E-state index in [1.54, 1.807) is 6.33 Å². The highest BCUT2D eigenvalue weighted by Gasteiger charge is 2.17. The Morgan fingerprint density at radius 1 is 1.00 bits per heavy atom. The van der Waals surface area contributed by atoms with Gasteiger partial charge in [-0.05, 0) is 43.3 Å². The van der Waals surface area contributed by atoms with Crippen molar-refractivity contribution in [2.75, 3.05) is 49.5 Å². The summed E-state index contributed by atoms with van der Waals surface area (Å²) in [4.78, 5) is 13.5. The molecule has 1 saturated heterocycles. The zero-order valence-corrected chi connectivity index (χ0v) is 15.5. The van der Waals surface area contributed by atoms with Crippen LogP contribution < -0.4 is 10.2 Å². The number of fused-ring (bicyclic) bond motifs is 1. The number of halogens is 1. The van der Waals surface area contributed by atoms with Gasteiger partial charge in [-0.3, -0.25) is 4.90 Å². The third kappa shape index (κ3) is 4.17. The lowest BCUT2D eigenvalue weighted by Gasteiger charge is -2.36. The quantitative estimate of drug-likeness (QED) is 0.752. The summed E-state index contributed by atoms with van der Waals surface area (Å²) in [5.74, 6) is 0.713. The topological polar surface area (TPSA) is 44.3 Å². The van der Waals surface area contributed by atoms with Crippen LogP contribution in [-0.4, -0.2) is 54.1 Å². The van der Waals surface area contributed by atoms with E-state index in [1.807, 2.05) is 18.2 Å². The first-order valence-corrected chi connectivity index (χ1v) is 9.37. The van der Waals surface area contributed by atoms with E-state index in [1.165, 1.54) is 17.7 Å². The minimum atomic E-state index is -0.184. The van der Waals surface area contributed by atoms with Gasteiger partial charge in [0.1, 0.15) is 18.0 Å². The Balaban J connectivity index is 1.29. The summed E-state index contributed by atoms with van der Waals surface area (Å²) in [6.45, 7) is 7.82. The molecule has 0 unspecified atom stereocenters. The molecule has 0 amide bonds. The van der Waals surface area contributed by atoms with E-state index < -0.39 is 0 Å². The van der Waals surface area contributed by atoms with Crippen molar-refractivity contribution in [3.05, 3.63) is 60.2 Å². The molecular formula is C21H24FN5. The second-order valence-corrected chi connectivity index (χ2v) is 6.97. The van der Waals surface area contributed by atoms with Crippen molar-refractivity contribution < 1.29 is 4.39 Å². The average Bonchev–Trinajstić information content (AvgIpc) is 2.69. The number of anilines is 2. The Morgan fingerprint density at radius 3 is 2.56 bits per heavy atom. The molecule has 4 rings (SSSR count). The minimum absolute atomic E-state index is 0.184. The average molecular weight is 365 g/mol. The van der Waals surface area contributed by atoms with Gasteiger partial charge in [0.2, 0.25) is 0 Å². The number of benzene rings is 2. The van der Waals surface area contributed by atoms with Crippen LogP contribution in [0.5, 0.6) is 0 Å². The Morgan fingerprint density at radius 2 is 1.78 bits per heavy atom. The minimum Gasteiger partial charge on any atom is -0.369 e. The smallest absolute Gasteiger partial charge is 0.137 e. The highest BCUT2D eigenvalue weighted by Crippen LogP contribution is 2.20. The van der Waals surface area contributed by atoms with Gasteiger partial charge in [0.15, 0.2) is 0 Å². The van der Waals surface area contributed by atoms with Crippen molar-refractivity contribution in [3.8, 4) is 0 Å². The Kier molecular flexibility index (Phi) is 5.16. The first-order chi connectivity index (χ1) is 13.2. The largest absolute Gasteiger partial charge is 0.369 e. The second-order valence-electron chi connectivity index (χ2n) is 6.97. The highest BCUT2D eigenvalue weighted by molar-refractivity contribution is 5.89. The summed E-state index contributed by atoms with van der Waals surface area (Å²) in [6.07, 6.45) is 1.61. The van der Waals surface area contributed by atoms with E-state index >= 15 is 0 Å². The van der Waals surface area contributed by atoms with Crippen LogP contribution in [-0.2, 0) is 0 Å². The summed E-state index contributed by atoms with van der Waals surface area (Å²) in [5, 5.41) is 4.53. The van der Waals surface area contributed by atoms with Gasteiger partial charge in [0.05, 0.1) is 5.52 Å². The molecule has 1 N–H and O–H groups in total. The third-order valence-corrected chi connectivity index (χ3v) is 5.08. The molecule has 2 heterocycles. The Hall–Kier alpha value is -2.73. The van der Waals surface area contributed by atoms with Crippen LogP contribution in [0.4, 0.5) is 15.9 Å². The number of aromatic nitrogens is 2. The van der Waals surface area contributed by atoms with Crippen molar-refractivity contribution >= 4 is 22.4 Å². The second kappa shape index (κ2) is 7.88. The molecule has 0 aliphatic carbocycles. The Labute approximate surface area is 158 Å². The molecule has 1 fully saturated rings. The molecule has 140 valence electrons. The number of hydrogen-bond donors (Lipinski definition) is 1. The molecule has 0 atom stereocenters. The van der Waals surface area contributed by atoms with Gasteiger partial charge in [-0.15, -0.1) is 0 Å². The predicted molar refractivity (Wildman–Crippen MR) is 108 cm³/mol. The SMILES string of the molecule is Cc1ccc2ncnc(NCCN3CCN(c4ccc(F)cc4)CC3)c2c1. The molecular weight excluding hydrogens is 341 g/mol. The van der Waals surface area contributed by atoms with Gasteiger partial charge in [0.25, 0.3) is 0 Å². The van der Waals surface area contributed by atoms with Crippen LogP contribution in [0.25, 0.3) is 10.9 Å². The van der Waals surface area contributed by atoms with Crippen molar-refractivity contribution in [2.24, 2.45) is 0 Å². The molecule has 0 saturated carbocycles. The summed E-state index contributed by atoms with van der Waals surface area (Å²) in [5.41, 5.74) is 3.26. The van der Waals surface area contributed by atoms with Crippen LogP contribution in [0, 0.1) is 12.7 Å². The molecule has 1 aromatic heterocycles. The summed E-state index contributed by atoms with van der Waals surface area (Å²) in [6, 6.07) is 13.0. The number of piperazine rings is 1. The standard InChI is InChI=1S/C21H24FN5/c1-16-2-7-20-19(14-16)21(25-15-24-20)23-8-9-26-10-12-27(13-11-26)18-5-3-17(22)4-6-18/h2-7,14-15H,8-13H2,1H3,(H,23,24,25). The van der Waals surface area contributed by atoms with Crippen LogP contribution in [0.1, 0.15) is 5.56 Å². The predicted octanol–water partition coefficient (Wildman–Crippen LogP) is 3.31. The number of nitrogens with zero attached hydrogens (tertiary/aromatic N) is 4. The van der Waals surface area contributed by atoms with Crippen LogP contribution in [0.15, 0.2) is 48.8 Å². The van der Waals surface area contributed by atoms with E-state index in [0.717, 1.165) is 61.7 Å². The molecule has 0 bridgehead atoms. The number of rotatable bonds is 5. The van der Waals surface area contributed by atoms with Gasteiger partial charge < -0.3 is 10.2 Å². The van der Waals surface area contributed by atoms with Gasteiger partial charge in [0, 0.05) is 50.3 Å². The normalized spacial score (nSPS) is 15.3. The van der Waals surface area contributed by atoms with Crippen molar-refractivity contribution in [3.63, 3.8) is 0 Å². The van der Waals surface area contributed by atoms with Crippen molar-refractivity contribution in [1.29, 1.82) is 0 Å². The van der Waals surface area contributed by atoms with Crippen molar-refractivity contribution in [1.82, 2.24) is 14.9 Å². The molecule has 5 nitrogen and oxygen atoms in total. The molecule has 1 aliphatic rings. The maximum absolute atomic E-state index is 13.1. The number of aryl methyl sites for hydroxylation is 1. The van der Waals surface area contributed by atoms with Gasteiger partial charge >= 0.3 is 0 Å². The van der Waals surface area contributed by atoms with Crippen LogP contribution >= 0.6 is 0 Å². The van der Waals surface area contributed by atoms with Gasteiger partial charge in [-0.1, -0.05) is 11.6 Å². The fraction of sp³-hybridized carbons (Fsp3) is 0.333. The summed E-state index contributed by atoms with van der Waals surface area (Å²) >= 11 is 0. The summed E-state index contributed by atoms with van der Waals surface area (Å²) in [7, 11) is 0. The van der Waals surface area contributed by atoms with Gasteiger partial charge in [-0.2, -0.15) is 0 Å². The van der Waals surface area contributed by atoms with E-state index in [-0.39, 0.29) is 5.82 Å². The lowest BCUT2D eigenvalue weighted by Crippen LogP contribution is -2.47. The van der Waals surface area contributed by atoms with Gasteiger partial charge in [-0.25, -0.2) is 14.4 Å². The molecule has 2 aromatic carbocycles. The van der Waals surface area contributed by atoms with Crippen LogP contribution in [0.3, 0.4) is 0 Å². The Bertz CT molecular complexity index is 904. The first kappa shape index (κ1) is 17.7. The summed E-state index contributed by atoms with van der Waals surface area (Å²) < 4.78 is 13.1. The lowest BCUT2D eigenvalue weighted by molar-refractivity contribution is 0.267. The molecule has 0 spiro atoms. The fourth-order valence-electron chi connectivity index (χ4n) is 3.53. The van der Waals surface area contributed by atoms with Crippen molar-refractivity contribution in [2.45, 2.75) is 6.92 Å². The molecule has 3 aromatic rings. The molecule has 1 aliphatic heterocycles. The molecule has 27 heavy (non-hydrogen) atoms. The number of nitrogens with one attached hydrogen (secondary N) is 1. The zero-order chi connectivity index (χ0) is 18.6.